The molecule has 1 saturated heterocycles. The topological polar surface area (TPSA) is 47.3 Å². The SMILES string of the molecule is C=CCCN1CCN(c2ccc(-c3ccc(C#N)cc3)cc2)C1=O. The van der Waals surface area contributed by atoms with Crippen molar-refractivity contribution in [3.63, 3.8) is 0 Å². The second-order valence-corrected chi connectivity index (χ2v) is 5.73. The van der Waals surface area contributed by atoms with Crippen LogP contribution < -0.4 is 4.90 Å². The number of amides is 2. The third-order valence-electron chi connectivity index (χ3n) is 4.22. The fourth-order valence-electron chi connectivity index (χ4n) is 2.85. The molecule has 1 aliphatic rings. The van der Waals surface area contributed by atoms with Crippen molar-refractivity contribution >= 4 is 11.7 Å². The summed E-state index contributed by atoms with van der Waals surface area (Å²) in [6.07, 6.45) is 2.65. The van der Waals surface area contributed by atoms with E-state index in [4.69, 9.17) is 5.26 Å². The van der Waals surface area contributed by atoms with Crippen LogP contribution in [0.4, 0.5) is 10.5 Å². The number of hydrogen-bond donors (Lipinski definition) is 0. The lowest BCUT2D eigenvalue weighted by molar-refractivity contribution is 0.221. The van der Waals surface area contributed by atoms with Crippen LogP contribution in [0, 0.1) is 11.3 Å². The number of urea groups is 1. The number of benzene rings is 2. The van der Waals surface area contributed by atoms with Gasteiger partial charge in [0.15, 0.2) is 0 Å². The first-order valence-electron chi connectivity index (χ1n) is 8.01. The van der Waals surface area contributed by atoms with Crippen molar-refractivity contribution in [1.29, 1.82) is 5.26 Å². The van der Waals surface area contributed by atoms with Crippen LogP contribution in [-0.2, 0) is 0 Å². The number of carbonyl (C=O) groups excluding carboxylic acids is 1. The minimum absolute atomic E-state index is 0.0583. The Kier molecular flexibility index (Phi) is 4.62. The van der Waals surface area contributed by atoms with Crippen molar-refractivity contribution in [1.82, 2.24) is 4.90 Å². The monoisotopic (exact) mass is 317 g/mol. The molecule has 1 aliphatic heterocycles. The van der Waals surface area contributed by atoms with Crippen molar-refractivity contribution in [2.45, 2.75) is 6.42 Å². The number of hydrogen-bond acceptors (Lipinski definition) is 2. The van der Waals surface area contributed by atoms with E-state index in [0.717, 1.165) is 36.3 Å². The maximum absolute atomic E-state index is 12.4. The maximum atomic E-state index is 12.4. The van der Waals surface area contributed by atoms with Crippen LogP contribution in [0.3, 0.4) is 0 Å². The molecule has 0 atom stereocenters. The summed E-state index contributed by atoms with van der Waals surface area (Å²) in [5, 5.41) is 8.86. The first-order chi connectivity index (χ1) is 11.7. The van der Waals surface area contributed by atoms with Crippen molar-refractivity contribution < 1.29 is 4.79 Å². The average molecular weight is 317 g/mol. The van der Waals surface area contributed by atoms with E-state index < -0.39 is 0 Å². The van der Waals surface area contributed by atoms with Crippen LogP contribution in [0.5, 0.6) is 0 Å². The summed E-state index contributed by atoms with van der Waals surface area (Å²) in [4.78, 5) is 16.1. The van der Waals surface area contributed by atoms with Crippen LogP contribution in [-0.4, -0.2) is 30.6 Å². The van der Waals surface area contributed by atoms with Crippen molar-refractivity contribution in [3.8, 4) is 17.2 Å². The van der Waals surface area contributed by atoms with Gasteiger partial charge in [0.25, 0.3) is 0 Å². The number of anilines is 1. The second-order valence-electron chi connectivity index (χ2n) is 5.73. The summed E-state index contributed by atoms with van der Waals surface area (Å²) < 4.78 is 0. The maximum Gasteiger partial charge on any atom is 0.324 e. The third-order valence-corrected chi connectivity index (χ3v) is 4.22. The van der Waals surface area contributed by atoms with Gasteiger partial charge in [-0.2, -0.15) is 5.26 Å². The molecule has 4 nitrogen and oxygen atoms in total. The van der Waals surface area contributed by atoms with Gasteiger partial charge in [-0.3, -0.25) is 4.90 Å². The van der Waals surface area contributed by atoms with Crippen LogP contribution in [0.1, 0.15) is 12.0 Å². The van der Waals surface area contributed by atoms with E-state index in [-0.39, 0.29) is 6.03 Å². The standard InChI is InChI=1S/C20H19N3O/c1-2-3-12-22-13-14-23(20(22)24)19-10-8-18(9-11-19)17-6-4-16(15-21)5-7-17/h2,4-11H,1,3,12-14H2. The molecule has 24 heavy (non-hydrogen) atoms. The predicted octanol–water partition coefficient (Wildman–Crippen LogP) is 4.04. The molecule has 0 N–H and O–H groups in total. The van der Waals surface area contributed by atoms with E-state index in [0.29, 0.717) is 12.1 Å². The molecule has 1 heterocycles. The largest absolute Gasteiger partial charge is 0.324 e. The molecule has 0 radical (unpaired) electrons. The summed E-state index contributed by atoms with van der Waals surface area (Å²) in [6, 6.07) is 17.6. The van der Waals surface area contributed by atoms with Gasteiger partial charge in [0, 0.05) is 25.3 Å². The van der Waals surface area contributed by atoms with Crippen molar-refractivity contribution in [2.75, 3.05) is 24.5 Å². The number of nitrogens with zero attached hydrogens (tertiary/aromatic N) is 3. The molecule has 0 spiro atoms. The van der Waals surface area contributed by atoms with Crippen LogP contribution >= 0.6 is 0 Å². The van der Waals surface area contributed by atoms with Crippen LogP contribution in [0.15, 0.2) is 61.2 Å². The molecule has 120 valence electrons. The van der Waals surface area contributed by atoms with E-state index >= 15 is 0 Å². The van der Waals surface area contributed by atoms with Gasteiger partial charge in [-0.15, -0.1) is 6.58 Å². The fraction of sp³-hybridized carbons (Fsp3) is 0.200. The van der Waals surface area contributed by atoms with E-state index in [1.165, 1.54) is 0 Å². The molecule has 2 amide bonds. The molecular formula is C20H19N3O. The smallest absolute Gasteiger partial charge is 0.322 e. The van der Waals surface area contributed by atoms with Crippen LogP contribution in [0.25, 0.3) is 11.1 Å². The third kappa shape index (κ3) is 3.16. The fourth-order valence-corrected chi connectivity index (χ4v) is 2.85. The lowest BCUT2D eigenvalue weighted by Crippen LogP contribution is -2.32. The van der Waals surface area contributed by atoms with Gasteiger partial charge >= 0.3 is 6.03 Å². The summed E-state index contributed by atoms with van der Waals surface area (Å²) >= 11 is 0. The number of carbonyl (C=O) groups is 1. The highest BCUT2D eigenvalue weighted by Gasteiger charge is 2.28. The van der Waals surface area contributed by atoms with E-state index in [1.807, 2.05) is 64.4 Å². The van der Waals surface area contributed by atoms with Crippen LogP contribution in [0.2, 0.25) is 0 Å². The summed E-state index contributed by atoms with van der Waals surface area (Å²) in [7, 11) is 0. The molecule has 1 fully saturated rings. The molecule has 4 heteroatoms. The lowest BCUT2D eigenvalue weighted by Gasteiger charge is -2.18. The zero-order valence-corrected chi connectivity index (χ0v) is 13.5. The van der Waals surface area contributed by atoms with Gasteiger partial charge in [0.2, 0.25) is 0 Å². The Morgan fingerprint density at radius 3 is 2.25 bits per heavy atom. The van der Waals surface area contributed by atoms with E-state index in [9.17, 15) is 4.79 Å². The highest BCUT2D eigenvalue weighted by Crippen LogP contribution is 2.25. The Morgan fingerprint density at radius 1 is 1.04 bits per heavy atom. The molecule has 0 aromatic heterocycles. The van der Waals surface area contributed by atoms with Gasteiger partial charge in [-0.1, -0.05) is 30.3 Å². The first-order valence-corrected chi connectivity index (χ1v) is 8.01. The Hall–Kier alpha value is -3.06. The minimum atomic E-state index is 0.0583. The summed E-state index contributed by atoms with van der Waals surface area (Å²) in [6.45, 7) is 5.90. The predicted molar refractivity (Wildman–Crippen MR) is 95.7 cm³/mol. The highest BCUT2D eigenvalue weighted by atomic mass is 16.2. The molecule has 3 rings (SSSR count). The van der Waals surface area contributed by atoms with E-state index in [1.54, 1.807) is 0 Å². The van der Waals surface area contributed by atoms with Gasteiger partial charge in [0.1, 0.15) is 0 Å². The van der Waals surface area contributed by atoms with Crippen molar-refractivity contribution in [3.05, 3.63) is 66.7 Å². The second kappa shape index (κ2) is 7.01. The van der Waals surface area contributed by atoms with Gasteiger partial charge in [0.05, 0.1) is 11.6 Å². The van der Waals surface area contributed by atoms with Crippen molar-refractivity contribution in [2.24, 2.45) is 0 Å². The molecule has 2 aromatic rings. The highest BCUT2D eigenvalue weighted by molar-refractivity contribution is 5.94. The zero-order valence-electron chi connectivity index (χ0n) is 13.5. The molecule has 0 saturated carbocycles. The molecular weight excluding hydrogens is 298 g/mol. The normalized spacial score (nSPS) is 13.9. The molecule has 0 bridgehead atoms. The Morgan fingerprint density at radius 2 is 1.67 bits per heavy atom. The summed E-state index contributed by atoms with van der Waals surface area (Å²) in [5.74, 6) is 0. The Balaban J connectivity index is 1.74. The molecule has 0 unspecified atom stereocenters. The summed E-state index contributed by atoms with van der Waals surface area (Å²) in [5.41, 5.74) is 3.69. The van der Waals surface area contributed by atoms with Gasteiger partial charge < -0.3 is 4.90 Å². The quantitative estimate of drug-likeness (QED) is 0.781. The van der Waals surface area contributed by atoms with Gasteiger partial charge in [-0.25, -0.2) is 4.79 Å². The lowest BCUT2D eigenvalue weighted by atomic mass is 10.0. The number of rotatable bonds is 5. The Bertz CT molecular complexity index is 772. The number of nitriles is 1. The van der Waals surface area contributed by atoms with Gasteiger partial charge in [-0.05, 0) is 41.8 Å². The minimum Gasteiger partial charge on any atom is -0.322 e. The average Bonchev–Trinajstić information content (AvgIpc) is 3.01. The molecule has 0 aliphatic carbocycles. The zero-order chi connectivity index (χ0) is 16.9. The van der Waals surface area contributed by atoms with E-state index in [2.05, 4.69) is 12.6 Å². The molecule has 2 aromatic carbocycles. The Labute approximate surface area is 142 Å². The first kappa shape index (κ1) is 15.8.